The Kier molecular flexibility index (Phi) is 6.37. The van der Waals surface area contributed by atoms with Crippen LogP contribution < -0.4 is 10.5 Å². The molecule has 12 heteroatoms. The molecule has 0 rings (SSSR count). The zero-order chi connectivity index (χ0) is 16.1. The molecule has 0 aromatic carbocycles. The lowest BCUT2D eigenvalue weighted by Crippen LogP contribution is -2.52. The summed E-state index contributed by atoms with van der Waals surface area (Å²) in [6.45, 7) is -0.172. The minimum absolute atomic E-state index is 0.0479. The van der Waals surface area contributed by atoms with Crippen LogP contribution in [-0.2, 0) is 19.8 Å². The SMILES string of the molecule is CCCN(C(=O)C(F)(F)F)S(=O)(=O)NC[C@H](N)C(=O)O. The molecule has 0 aliphatic carbocycles. The molecule has 4 N–H and O–H groups in total. The molecule has 0 spiro atoms. The van der Waals surface area contributed by atoms with Gasteiger partial charge < -0.3 is 10.8 Å². The first-order chi connectivity index (χ1) is 8.93. The minimum atomic E-state index is -5.36. The van der Waals surface area contributed by atoms with Crippen molar-refractivity contribution in [2.24, 2.45) is 5.73 Å². The topological polar surface area (TPSA) is 130 Å². The zero-order valence-electron chi connectivity index (χ0n) is 10.3. The van der Waals surface area contributed by atoms with Crippen molar-refractivity contribution in [2.75, 3.05) is 13.1 Å². The summed E-state index contributed by atoms with van der Waals surface area (Å²) in [5.74, 6) is -4.10. The van der Waals surface area contributed by atoms with Crippen LogP contribution >= 0.6 is 0 Å². The average Bonchev–Trinajstić information content (AvgIpc) is 2.30. The molecule has 20 heavy (non-hydrogen) atoms. The molecule has 0 saturated carbocycles. The Bertz CT molecular complexity index is 464. The molecular formula is C8H14F3N3O5S. The summed E-state index contributed by atoms with van der Waals surface area (Å²) in [5, 5.41) is 8.44. The Morgan fingerprint density at radius 3 is 2.25 bits per heavy atom. The van der Waals surface area contributed by atoms with Gasteiger partial charge in [-0.3, -0.25) is 9.59 Å². The molecule has 8 nitrogen and oxygen atoms in total. The van der Waals surface area contributed by atoms with E-state index in [9.17, 15) is 31.2 Å². The van der Waals surface area contributed by atoms with Gasteiger partial charge in [0.15, 0.2) is 0 Å². The highest BCUT2D eigenvalue weighted by Gasteiger charge is 2.46. The molecule has 0 aliphatic heterocycles. The van der Waals surface area contributed by atoms with Crippen molar-refractivity contribution in [3.63, 3.8) is 0 Å². The molecule has 0 aliphatic rings. The van der Waals surface area contributed by atoms with Gasteiger partial charge in [-0.25, -0.2) is 4.31 Å². The van der Waals surface area contributed by atoms with E-state index in [0.717, 1.165) is 0 Å². The molecule has 0 aromatic rings. The number of nitrogens with one attached hydrogen (secondary N) is 1. The molecule has 118 valence electrons. The van der Waals surface area contributed by atoms with Gasteiger partial charge in [-0.1, -0.05) is 6.92 Å². The molecule has 1 amide bonds. The molecular weight excluding hydrogens is 307 g/mol. The number of hydrogen-bond donors (Lipinski definition) is 3. The van der Waals surface area contributed by atoms with Gasteiger partial charge >= 0.3 is 28.3 Å². The molecule has 0 fully saturated rings. The number of hydrogen-bond acceptors (Lipinski definition) is 5. The van der Waals surface area contributed by atoms with E-state index in [4.69, 9.17) is 10.8 Å². The van der Waals surface area contributed by atoms with Crippen LogP contribution in [0.1, 0.15) is 13.3 Å². The maximum absolute atomic E-state index is 12.3. The van der Waals surface area contributed by atoms with Crippen molar-refractivity contribution in [3.8, 4) is 0 Å². The molecule has 0 saturated heterocycles. The summed E-state index contributed by atoms with van der Waals surface area (Å²) in [6.07, 6.45) is -5.41. The first-order valence-electron chi connectivity index (χ1n) is 5.30. The van der Waals surface area contributed by atoms with Crippen LogP contribution in [0.3, 0.4) is 0 Å². The number of carboxylic acids is 1. The second-order valence-corrected chi connectivity index (χ2v) is 5.35. The van der Waals surface area contributed by atoms with Gasteiger partial charge in [-0.2, -0.15) is 26.3 Å². The lowest BCUT2D eigenvalue weighted by atomic mass is 10.3. The highest BCUT2D eigenvalue weighted by Crippen LogP contribution is 2.20. The number of rotatable bonds is 7. The van der Waals surface area contributed by atoms with E-state index in [1.807, 2.05) is 0 Å². The Balaban J connectivity index is 5.08. The second-order valence-electron chi connectivity index (χ2n) is 3.67. The molecule has 1 atom stereocenters. The van der Waals surface area contributed by atoms with Crippen LogP contribution in [0.25, 0.3) is 0 Å². The van der Waals surface area contributed by atoms with Crippen molar-refractivity contribution in [2.45, 2.75) is 25.6 Å². The summed E-state index contributed by atoms with van der Waals surface area (Å²) in [4.78, 5) is 21.4. The first kappa shape index (κ1) is 18.6. The summed E-state index contributed by atoms with van der Waals surface area (Å²) in [6, 6.07) is -1.64. The number of halogens is 3. The predicted molar refractivity (Wildman–Crippen MR) is 60.6 cm³/mol. The number of nitrogens with two attached hydrogens (primary N) is 1. The largest absolute Gasteiger partial charge is 0.480 e. The molecule has 0 aromatic heterocycles. The summed E-state index contributed by atoms with van der Waals surface area (Å²) < 4.78 is 61.1. The second kappa shape index (κ2) is 6.85. The predicted octanol–water partition coefficient (Wildman–Crippen LogP) is -0.966. The fraction of sp³-hybridized carbons (Fsp3) is 0.750. The van der Waals surface area contributed by atoms with Crippen molar-refractivity contribution >= 4 is 22.1 Å². The number of carbonyl (C=O) groups excluding carboxylic acids is 1. The van der Waals surface area contributed by atoms with Crippen LogP contribution in [0.15, 0.2) is 0 Å². The van der Waals surface area contributed by atoms with Crippen molar-refractivity contribution in [1.82, 2.24) is 9.03 Å². The third-order valence-corrected chi connectivity index (χ3v) is 3.45. The van der Waals surface area contributed by atoms with Gasteiger partial charge in [0.25, 0.3) is 0 Å². The van der Waals surface area contributed by atoms with Gasteiger partial charge in [-0.15, -0.1) is 0 Å². The monoisotopic (exact) mass is 321 g/mol. The van der Waals surface area contributed by atoms with Crippen LogP contribution in [0, 0.1) is 0 Å². The van der Waals surface area contributed by atoms with E-state index >= 15 is 0 Å². The fourth-order valence-corrected chi connectivity index (χ4v) is 2.33. The maximum Gasteiger partial charge on any atom is 0.472 e. The molecule has 0 bridgehead atoms. The normalized spacial score (nSPS) is 13.8. The standard InChI is InChI=1S/C8H14F3N3O5S/c1-2-3-14(7(17)8(9,10)11)20(18,19)13-4-5(12)6(15)16/h5,13H,2-4,12H2,1H3,(H,15,16)/t5-/m0/s1. The Labute approximate surface area is 112 Å². The fourth-order valence-electron chi connectivity index (χ4n) is 1.04. The van der Waals surface area contributed by atoms with Crippen molar-refractivity contribution < 1.29 is 36.3 Å². The van der Waals surface area contributed by atoms with Crippen molar-refractivity contribution in [3.05, 3.63) is 0 Å². The quantitative estimate of drug-likeness (QED) is 0.553. The zero-order valence-corrected chi connectivity index (χ0v) is 11.2. The summed E-state index contributed by atoms with van der Waals surface area (Å²) in [7, 11) is -4.83. The first-order valence-corrected chi connectivity index (χ1v) is 6.74. The van der Waals surface area contributed by atoms with Gasteiger partial charge in [0.2, 0.25) is 0 Å². The van der Waals surface area contributed by atoms with E-state index in [1.165, 1.54) is 6.92 Å². The smallest absolute Gasteiger partial charge is 0.472 e. The van der Waals surface area contributed by atoms with Crippen LogP contribution in [-0.4, -0.2) is 55.0 Å². The lowest BCUT2D eigenvalue weighted by Gasteiger charge is -2.23. The third kappa shape index (κ3) is 5.30. The highest BCUT2D eigenvalue weighted by atomic mass is 32.2. The van der Waals surface area contributed by atoms with Crippen LogP contribution in [0.2, 0.25) is 0 Å². The number of carbonyl (C=O) groups is 2. The van der Waals surface area contributed by atoms with Crippen LogP contribution in [0.5, 0.6) is 0 Å². The highest BCUT2D eigenvalue weighted by molar-refractivity contribution is 7.87. The van der Waals surface area contributed by atoms with E-state index < -0.39 is 51.7 Å². The van der Waals surface area contributed by atoms with E-state index in [1.54, 1.807) is 4.72 Å². The number of carboxylic acid groups (broad SMARTS) is 1. The number of alkyl halides is 3. The Hall–Kier alpha value is -1.40. The minimum Gasteiger partial charge on any atom is -0.480 e. The number of amides is 1. The number of aliphatic carboxylic acids is 1. The van der Waals surface area contributed by atoms with Crippen LogP contribution in [0.4, 0.5) is 13.2 Å². The van der Waals surface area contributed by atoms with E-state index in [0.29, 0.717) is 0 Å². The Morgan fingerprint density at radius 1 is 1.40 bits per heavy atom. The van der Waals surface area contributed by atoms with Crippen molar-refractivity contribution in [1.29, 1.82) is 0 Å². The molecule has 0 unspecified atom stereocenters. The van der Waals surface area contributed by atoms with E-state index in [2.05, 4.69) is 0 Å². The average molecular weight is 321 g/mol. The summed E-state index contributed by atoms with van der Waals surface area (Å²) in [5.41, 5.74) is 5.01. The van der Waals surface area contributed by atoms with Gasteiger partial charge in [-0.05, 0) is 6.42 Å². The summed E-state index contributed by atoms with van der Waals surface area (Å²) >= 11 is 0. The van der Waals surface area contributed by atoms with Gasteiger partial charge in [0, 0.05) is 13.1 Å². The number of nitrogens with zero attached hydrogens (tertiary/aromatic N) is 1. The molecule has 0 heterocycles. The Morgan fingerprint density at radius 2 is 1.90 bits per heavy atom. The van der Waals surface area contributed by atoms with Gasteiger partial charge in [0.1, 0.15) is 6.04 Å². The molecule has 0 radical (unpaired) electrons. The van der Waals surface area contributed by atoms with Gasteiger partial charge in [0.05, 0.1) is 0 Å². The van der Waals surface area contributed by atoms with E-state index in [-0.39, 0.29) is 6.42 Å². The lowest BCUT2D eigenvalue weighted by molar-refractivity contribution is -0.180. The maximum atomic E-state index is 12.3. The third-order valence-electron chi connectivity index (χ3n) is 1.99.